The van der Waals surface area contributed by atoms with Gasteiger partial charge in [0.25, 0.3) is 0 Å². The Bertz CT molecular complexity index is 918. The summed E-state index contributed by atoms with van der Waals surface area (Å²) in [5.74, 6) is 0.268. The van der Waals surface area contributed by atoms with Gasteiger partial charge in [-0.25, -0.2) is 0 Å². The van der Waals surface area contributed by atoms with Gasteiger partial charge in [0.1, 0.15) is 5.75 Å². The Morgan fingerprint density at radius 3 is 2.46 bits per heavy atom. The summed E-state index contributed by atoms with van der Waals surface area (Å²) in [7, 11) is 0. The van der Waals surface area contributed by atoms with Crippen LogP contribution in [0.25, 0.3) is 16.8 Å². The number of benzene rings is 2. The van der Waals surface area contributed by atoms with Gasteiger partial charge in [0.15, 0.2) is 0 Å². The maximum Gasteiger partial charge on any atom is 0.116 e. The third-order valence-corrected chi connectivity index (χ3v) is 4.77. The molecule has 26 heavy (non-hydrogen) atoms. The zero-order valence-corrected chi connectivity index (χ0v) is 14.7. The highest BCUT2D eigenvalue weighted by Crippen LogP contribution is 2.24. The van der Waals surface area contributed by atoms with Crippen LogP contribution in [0.3, 0.4) is 0 Å². The van der Waals surface area contributed by atoms with Crippen molar-refractivity contribution in [2.24, 2.45) is 0 Å². The molecule has 0 saturated heterocycles. The molecule has 0 amide bonds. The molecular formula is C23H22N2O. The molecule has 130 valence electrons. The third-order valence-electron chi connectivity index (χ3n) is 4.77. The normalized spacial score (nSPS) is 14.8. The van der Waals surface area contributed by atoms with E-state index in [9.17, 15) is 5.11 Å². The lowest BCUT2D eigenvalue weighted by Gasteiger charge is -2.26. The van der Waals surface area contributed by atoms with Crippen molar-refractivity contribution in [2.45, 2.75) is 13.0 Å². The zero-order valence-electron chi connectivity index (χ0n) is 14.7. The fourth-order valence-electron chi connectivity index (χ4n) is 3.39. The van der Waals surface area contributed by atoms with E-state index in [0.717, 1.165) is 43.0 Å². The first kappa shape index (κ1) is 16.6. The Morgan fingerprint density at radius 1 is 0.885 bits per heavy atom. The molecule has 0 unspecified atom stereocenters. The average molecular weight is 342 g/mol. The van der Waals surface area contributed by atoms with Crippen LogP contribution >= 0.6 is 0 Å². The minimum Gasteiger partial charge on any atom is -0.508 e. The van der Waals surface area contributed by atoms with E-state index in [1.165, 1.54) is 11.1 Å². The Balaban J connectivity index is 1.46. The summed E-state index contributed by atoms with van der Waals surface area (Å²) in [6.07, 6.45) is 3.40. The lowest BCUT2D eigenvalue weighted by atomic mass is 9.99. The molecule has 2 aromatic carbocycles. The molecule has 1 aliphatic heterocycles. The second-order valence-electron chi connectivity index (χ2n) is 6.64. The highest BCUT2D eigenvalue weighted by Gasteiger charge is 2.14. The largest absolute Gasteiger partial charge is 0.508 e. The molecule has 3 nitrogen and oxygen atoms in total. The Labute approximate surface area is 154 Å². The van der Waals surface area contributed by atoms with E-state index in [1.807, 2.05) is 24.3 Å². The first-order chi connectivity index (χ1) is 12.8. The molecule has 0 radical (unpaired) electrons. The summed E-state index contributed by atoms with van der Waals surface area (Å²) in [5.41, 5.74) is 5.66. The number of aromatic hydroxyl groups is 1. The summed E-state index contributed by atoms with van der Waals surface area (Å²) in [5, 5.41) is 9.68. The number of aromatic nitrogens is 1. The molecule has 4 rings (SSSR count). The minimum absolute atomic E-state index is 0.268. The molecule has 3 heteroatoms. The maximum atomic E-state index is 9.68. The lowest BCUT2D eigenvalue weighted by molar-refractivity contribution is 0.290. The van der Waals surface area contributed by atoms with E-state index < -0.39 is 0 Å². The standard InChI is InChI=1S/C23H22N2O/c26-22-10-4-8-20(16-22)23-11-5-9-21(24-23)17-25-14-12-19(13-15-25)18-6-2-1-3-7-18/h1-12,16,26H,13-15,17H2. The van der Waals surface area contributed by atoms with Gasteiger partial charge in [0.2, 0.25) is 0 Å². The maximum absolute atomic E-state index is 9.68. The summed E-state index contributed by atoms with van der Waals surface area (Å²) in [6.45, 7) is 2.83. The highest BCUT2D eigenvalue weighted by atomic mass is 16.3. The zero-order chi connectivity index (χ0) is 17.8. The van der Waals surface area contributed by atoms with E-state index in [4.69, 9.17) is 4.98 Å². The molecule has 0 fully saturated rings. The number of phenols is 1. The molecular weight excluding hydrogens is 320 g/mol. The predicted octanol–water partition coefficient (Wildman–Crippen LogP) is 4.74. The number of phenolic OH excluding ortho intramolecular Hbond substituents is 1. The lowest BCUT2D eigenvalue weighted by Crippen LogP contribution is -2.28. The van der Waals surface area contributed by atoms with Gasteiger partial charge in [-0.3, -0.25) is 9.88 Å². The van der Waals surface area contributed by atoms with Crippen molar-refractivity contribution in [1.29, 1.82) is 0 Å². The number of hydrogen-bond donors (Lipinski definition) is 1. The van der Waals surface area contributed by atoms with Gasteiger partial charge in [-0.15, -0.1) is 0 Å². The second-order valence-corrected chi connectivity index (χ2v) is 6.64. The van der Waals surface area contributed by atoms with E-state index in [-0.39, 0.29) is 5.75 Å². The number of nitrogens with zero attached hydrogens (tertiary/aromatic N) is 2. The van der Waals surface area contributed by atoms with Crippen molar-refractivity contribution in [3.05, 3.63) is 90.1 Å². The van der Waals surface area contributed by atoms with E-state index in [0.29, 0.717) is 0 Å². The van der Waals surface area contributed by atoms with Crippen molar-refractivity contribution >= 4 is 5.57 Å². The van der Waals surface area contributed by atoms with Crippen molar-refractivity contribution in [3.63, 3.8) is 0 Å². The van der Waals surface area contributed by atoms with Gasteiger partial charge in [-0.05, 0) is 41.8 Å². The Kier molecular flexibility index (Phi) is 4.80. The van der Waals surface area contributed by atoms with Crippen LogP contribution in [0.5, 0.6) is 5.75 Å². The van der Waals surface area contributed by atoms with Crippen molar-refractivity contribution < 1.29 is 5.11 Å². The molecule has 2 heterocycles. The van der Waals surface area contributed by atoms with Gasteiger partial charge in [-0.1, -0.05) is 54.6 Å². The van der Waals surface area contributed by atoms with Gasteiger partial charge in [-0.2, -0.15) is 0 Å². The van der Waals surface area contributed by atoms with Gasteiger partial charge in [0, 0.05) is 25.2 Å². The molecule has 1 aromatic heterocycles. The summed E-state index contributed by atoms with van der Waals surface area (Å²) >= 11 is 0. The van der Waals surface area contributed by atoms with Crippen LogP contribution in [0, 0.1) is 0 Å². The first-order valence-electron chi connectivity index (χ1n) is 9.00. The Hall–Kier alpha value is -2.91. The monoisotopic (exact) mass is 342 g/mol. The summed E-state index contributed by atoms with van der Waals surface area (Å²) in [4.78, 5) is 7.20. The predicted molar refractivity (Wildman–Crippen MR) is 106 cm³/mol. The molecule has 0 saturated carbocycles. The van der Waals surface area contributed by atoms with E-state index >= 15 is 0 Å². The smallest absolute Gasteiger partial charge is 0.116 e. The summed E-state index contributed by atoms with van der Waals surface area (Å²) < 4.78 is 0. The van der Waals surface area contributed by atoms with Crippen molar-refractivity contribution in [1.82, 2.24) is 9.88 Å². The van der Waals surface area contributed by atoms with Crippen molar-refractivity contribution in [2.75, 3.05) is 13.1 Å². The van der Waals surface area contributed by atoms with E-state index in [2.05, 4.69) is 47.4 Å². The Morgan fingerprint density at radius 2 is 1.69 bits per heavy atom. The van der Waals surface area contributed by atoms with E-state index in [1.54, 1.807) is 12.1 Å². The average Bonchev–Trinajstić information content (AvgIpc) is 2.69. The van der Waals surface area contributed by atoms with Crippen LogP contribution in [0.15, 0.2) is 78.9 Å². The first-order valence-corrected chi connectivity index (χ1v) is 9.00. The number of rotatable bonds is 4. The molecule has 0 spiro atoms. The number of pyridine rings is 1. The van der Waals surface area contributed by atoms with Crippen LogP contribution in [0.2, 0.25) is 0 Å². The molecule has 3 aromatic rings. The summed E-state index contributed by atoms with van der Waals surface area (Å²) in [6, 6.07) is 24.0. The SMILES string of the molecule is Oc1cccc(-c2cccc(CN3CC=C(c4ccccc4)CC3)n2)c1. The molecule has 1 aliphatic rings. The quantitative estimate of drug-likeness (QED) is 0.744. The van der Waals surface area contributed by atoms with Gasteiger partial charge >= 0.3 is 0 Å². The van der Waals surface area contributed by atoms with Crippen LogP contribution < -0.4 is 0 Å². The molecule has 0 aliphatic carbocycles. The van der Waals surface area contributed by atoms with Crippen molar-refractivity contribution in [3.8, 4) is 17.0 Å². The van der Waals surface area contributed by atoms with Gasteiger partial charge < -0.3 is 5.11 Å². The van der Waals surface area contributed by atoms with Crippen LogP contribution in [-0.2, 0) is 6.54 Å². The van der Waals surface area contributed by atoms with Crippen LogP contribution in [0.4, 0.5) is 0 Å². The third kappa shape index (κ3) is 3.84. The topological polar surface area (TPSA) is 36.4 Å². The fourth-order valence-corrected chi connectivity index (χ4v) is 3.39. The molecule has 0 bridgehead atoms. The highest BCUT2D eigenvalue weighted by molar-refractivity contribution is 5.66. The minimum atomic E-state index is 0.268. The van der Waals surface area contributed by atoms with Gasteiger partial charge in [0.05, 0.1) is 11.4 Å². The fraction of sp³-hybridized carbons (Fsp3) is 0.174. The number of hydrogen-bond acceptors (Lipinski definition) is 3. The van der Waals surface area contributed by atoms with Crippen LogP contribution in [-0.4, -0.2) is 28.1 Å². The molecule has 1 N–H and O–H groups in total. The second kappa shape index (κ2) is 7.54. The van der Waals surface area contributed by atoms with Crippen LogP contribution in [0.1, 0.15) is 17.7 Å². The molecule has 0 atom stereocenters.